The first-order chi connectivity index (χ1) is 9.71. The van der Waals surface area contributed by atoms with E-state index in [2.05, 4.69) is 0 Å². The first kappa shape index (κ1) is 14.7. The van der Waals surface area contributed by atoms with Crippen molar-refractivity contribution < 1.29 is 14.3 Å². The van der Waals surface area contributed by atoms with Gasteiger partial charge in [0.05, 0.1) is 19.8 Å². The van der Waals surface area contributed by atoms with E-state index in [4.69, 9.17) is 9.47 Å². The van der Waals surface area contributed by atoms with Crippen LogP contribution < -0.4 is 9.47 Å². The van der Waals surface area contributed by atoms with Crippen LogP contribution in [0.1, 0.15) is 43.0 Å². The minimum atomic E-state index is 0.0545. The van der Waals surface area contributed by atoms with Crippen molar-refractivity contribution in [3.8, 4) is 11.5 Å². The lowest BCUT2D eigenvalue weighted by Gasteiger charge is -2.28. The molecule has 4 nitrogen and oxygen atoms in total. The molecule has 0 saturated heterocycles. The molecular formula is C16H23NO3. The predicted octanol–water partition coefficient (Wildman–Crippen LogP) is 3.11. The highest BCUT2D eigenvalue weighted by atomic mass is 16.5. The maximum absolute atomic E-state index is 12.7. The molecule has 0 aromatic heterocycles. The maximum Gasteiger partial charge on any atom is 0.257 e. The number of nitrogens with zero attached hydrogens (tertiary/aromatic N) is 1. The van der Waals surface area contributed by atoms with Gasteiger partial charge in [-0.05, 0) is 31.9 Å². The molecule has 1 aromatic rings. The Labute approximate surface area is 120 Å². The molecule has 1 amide bonds. The highest BCUT2D eigenvalue weighted by Crippen LogP contribution is 2.29. The van der Waals surface area contributed by atoms with E-state index in [1.807, 2.05) is 11.8 Å². The average molecular weight is 277 g/mol. The topological polar surface area (TPSA) is 38.8 Å². The van der Waals surface area contributed by atoms with E-state index in [1.165, 1.54) is 12.8 Å². The minimum Gasteiger partial charge on any atom is -0.497 e. The van der Waals surface area contributed by atoms with Gasteiger partial charge < -0.3 is 14.4 Å². The molecule has 0 spiro atoms. The summed E-state index contributed by atoms with van der Waals surface area (Å²) in [4.78, 5) is 14.7. The second-order valence-corrected chi connectivity index (χ2v) is 5.10. The highest BCUT2D eigenvalue weighted by Gasteiger charge is 2.27. The second kappa shape index (κ2) is 6.64. The van der Waals surface area contributed by atoms with Crippen LogP contribution in [0.3, 0.4) is 0 Å². The van der Waals surface area contributed by atoms with Gasteiger partial charge in [-0.25, -0.2) is 0 Å². The molecule has 0 unspecified atom stereocenters. The molecule has 0 atom stereocenters. The van der Waals surface area contributed by atoms with Gasteiger partial charge in [0.15, 0.2) is 0 Å². The molecular weight excluding hydrogens is 254 g/mol. The Morgan fingerprint density at radius 3 is 2.50 bits per heavy atom. The number of amides is 1. The fourth-order valence-corrected chi connectivity index (χ4v) is 2.91. The van der Waals surface area contributed by atoms with Crippen molar-refractivity contribution >= 4 is 5.91 Å². The first-order valence-electron chi connectivity index (χ1n) is 7.24. The number of carbonyl (C=O) groups is 1. The third kappa shape index (κ3) is 2.89. The van der Waals surface area contributed by atoms with Crippen LogP contribution in [0.15, 0.2) is 18.2 Å². The lowest BCUT2D eigenvalue weighted by molar-refractivity contribution is 0.0690. The van der Waals surface area contributed by atoms with Crippen LogP contribution >= 0.6 is 0 Å². The number of ether oxygens (including phenoxy) is 2. The summed E-state index contributed by atoms with van der Waals surface area (Å²) in [6.45, 7) is 2.77. The van der Waals surface area contributed by atoms with Crippen molar-refractivity contribution in [3.63, 3.8) is 0 Å². The normalized spacial score (nSPS) is 15.2. The third-order valence-corrected chi connectivity index (χ3v) is 4.01. The molecule has 1 fully saturated rings. The van der Waals surface area contributed by atoms with Crippen molar-refractivity contribution in [1.29, 1.82) is 0 Å². The molecule has 0 radical (unpaired) electrons. The summed E-state index contributed by atoms with van der Waals surface area (Å²) in [5, 5.41) is 0. The molecule has 20 heavy (non-hydrogen) atoms. The van der Waals surface area contributed by atoms with E-state index in [9.17, 15) is 4.79 Å². The van der Waals surface area contributed by atoms with E-state index in [1.54, 1.807) is 32.4 Å². The Hall–Kier alpha value is -1.71. The number of rotatable bonds is 5. The standard InChI is InChI=1S/C16H23NO3/c1-4-17(12-7-5-6-8-12)16(18)14-10-9-13(19-2)11-15(14)20-3/h9-12H,4-8H2,1-3H3. The molecule has 2 rings (SSSR count). The fourth-order valence-electron chi connectivity index (χ4n) is 2.91. The quantitative estimate of drug-likeness (QED) is 0.830. The number of hydrogen-bond acceptors (Lipinski definition) is 3. The van der Waals surface area contributed by atoms with E-state index in [-0.39, 0.29) is 5.91 Å². The van der Waals surface area contributed by atoms with Crippen molar-refractivity contribution in [2.75, 3.05) is 20.8 Å². The third-order valence-electron chi connectivity index (χ3n) is 4.01. The van der Waals surface area contributed by atoms with Gasteiger partial charge in [0.25, 0.3) is 5.91 Å². The van der Waals surface area contributed by atoms with Crippen LogP contribution in [0, 0.1) is 0 Å². The monoisotopic (exact) mass is 277 g/mol. The average Bonchev–Trinajstić information content (AvgIpc) is 3.01. The summed E-state index contributed by atoms with van der Waals surface area (Å²) in [5.41, 5.74) is 0.613. The van der Waals surface area contributed by atoms with Crippen molar-refractivity contribution in [3.05, 3.63) is 23.8 Å². The van der Waals surface area contributed by atoms with Gasteiger partial charge in [-0.2, -0.15) is 0 Å². The van der Waals surface area contributed by atoms with Crippen LogP contribution in [-0.4, -0.2) is 37.6 Å². The Morgan fingerprint density at radius 2 is 1.95 bits per heavy atom. The molecule has 0 N–H and O–H groups in total. The van der Waals surface area contributed by atoms with Gasteiger partial charge in [0, 0.05) is 18.7 Å². The zero-order valence-corrected chi connectivity index (χ0v) is 12.5. The van der Waals surface area contributed by atoms with E-state index in [0.29, 0.717) is 23.1 Å². The van der Waals surface area contributed by atoms with Crippen LogP contribution in [-0.2, 0) is 0 Å². The molecule has 0 bridgehead atoms. The van der Waals surface area contributed by atoms with E-state index < -0.39 is 0 Å². The Bertz CT molecular complexity index is 467. The second-order valence-electron chi connectivity index (χ2n) is 5.10. The van der Waals surface area contributed by atoms with Gasteiger partial charge in [-0.1, -0.05) is 12.8 Å². The lowest BCUT2D eigenvalue weighted by atomic mass is 10.1. The summed E-state index contributed by atoms with van der Waals surface area (Å²) in [5.74, 6) is 1.33. The fraction of sp³-hybridized carbons (Fsp3) is 0.562. The zero-order valence-electron chi connectivity index (χ0n) is 12.5. The van der Waals surface area contributed by atoms with Crippen LogP contribution in [0.25, 0.3) is 0 Å². The van der Waals surface area contributed by atoms with Gasteiger partial charge in [-0.3, -0.25) is 4.79 Å². The van der Waals surface area contributed by atoms with Crippen molar-refractivity contribution in [1.82, 2.24) is 4.90 Å². The summed E-state index contributed by atoms with van der Waals surface area (Å²) >= 11 is 0. The van der Waals surface area contributed by atoms with Crippen LogP contribution in [0.4, 0.5) is 0 Å². The van der Waals surface area contributed by atoms with E-state index in [0.717, 1.165) is 19.4 Å². The molecule has 4 heteroatoms. The number of carbonyl (C=O) groups excluding carboxylic acids is 1. The molecule has 0 aliphatic heterocycles. The Balaban J connectivity index is 2.26. The van der Waals surface area contributed by atoms with Crippen LogP contribution in [0.2, 0.25) is 0 Å². The van der Waals surface area contributed by atoms with Gasteiger partial charge in [-0.15, -0.1) is 0 Å². The van der Waals surface area contributed by atoms with Gasteiger partial charge >= 0.3 is 0 Å². The zero-order chi connectivity index (χ0) is 14.5. The number of hydrogen-bond donors (Lipinski definition) is 0. The SMILES string of the molecule is CCN(C(=O)c1ccc(OC)cc1OC)C1CCCC1. The smallest absolute Gasteiger partial charge is 0.257 e. The first-order valence-corrected chi connectivity index (χ1v) is 7.24. The molecule has 0 heterocycles. The van der Waals surface area contributed by atoms with E-state index >= 15 is 0 Å². The summed E-state index contributed by atoms with van der Waals surface area (Å²) < 4.78 is 10.5. The maximum atomic E-state index is 12.7. The van der Waals surface area contributed by atoms with Crippen molar-refractivity contribution in [2.24, 2.45) is 0 Å². The summed E-state index contributed by atoms with van der Waals surface area (Å²) in [6.07, 6.45) is 4.65. The molecule has 1 aromatic carbocycles. The Kier molecular flexibility index (Phi) is 4.88. The molecule has 1 aliphatic carbocycles. The lowest BCUT2D eigenvalue weighted by Crippen LogP contribution is -2.38. The van der Waals surface area contributed by atoms with Crippen LogP contribution in [0.5, 0.6) is 11.5 Å². The highest BCUT2D eigenvalue weighted by molar-refractivity contribution is 5.97. The Morgan fingerprint density at radius 1 is 1.25 bits per heavy atom. The summed E-state index contributed by atoms with van der Waals surface area (Å²) in [6, 6.07) is 5.73. The number of methoxy groups -OCH3 is 2. The summed E-state index contributed by atoms with van der Waals surface area (Å²) in [7, 11) is 3.19. The minimum absolute atomic E-state index is 0.0545. The molecule has 1 saturated carbocycles. The molecule has 1 aliphatic rings. The molecule has 110 valence electrons. The largest absolute Gasteiger partial charge is 0.497 e. The van der Waals surface area contributed by atoms with Gasteiger partial charge in [0.2, 0.25) is 0 Å². The van der Waals surface area contributed by atoms with Crippen molar-refractivity contribution in [2.45, 2.75) is 38.6 Å². The number of benzene rings is 1. The van der Waals surface area contributed by atoms with Gasteiger partial charge in [0.1, 0.15) is 11.5 Å². The predicted molar refractivity (Wildman–Crippen MR) is 78.5 cm³/mol.